The first-order valence-electron chi connectivity index (χ1n) is 7.17. The third-order valence-corrected chi connectivity index (χ3v) is 4.03. The van der Waals surface area contributed by atoms with Gasteiger partial charge in [-0.05, 0) is 37.5 Å². The number of benzene rings is 1. The van der Waals surface area contributed by atoms with Gasteiger partial charge in [0.25, 0.3) is 0 Å². The summed E-state index contributed by atoms with van der Waals surface area (Å²) in [6, 6.07) is 5.21. The lowest BCUT2D eigenvalue weighted by Gasteiger charge is -2.30. The van der Waals surface area contributed by atoms with Gasteiger partial charge < -0.3 is 15.4 Å². The molecule has 0 aromatic heterocycles. The number of hydrogen-bond donors (Lipinski definition) is 1. The number of nitrogens with two attached hydrogens (primary N) is 1. The van der Waals surface area contributed by atoms with Crippen LogP contribution in [-0.4, -0.2) is 36.5 Å². The quantitative estimate of drug-likeness (QED) is 0.810. The molecule has 0 bridgehead atoms. The average Bonchev–Trinajstić information content (AvgIpc) is 2.45. The Morgan fingerprint density at radius 2 is 2.18 bits per heavy atom. The summed E-state index contributed by atoms with van der Waals surface area (Å²) >= 11 is 11.8. The Kier molecular flexibility index (Phi) is 8.33. The maximum atomic E-state index is 12.0. The molecule has 7 heteroatoms. The van der Waals surface area contributed by atoms with Crippen molar-refractivity contribution in [2.45, 2.75) is 31.7 Å². The van der Waals surface area contributed by atoms with E-state index in [1.54, 1.807) is 18.2 Å². The number of ether oxygens (including phenoxy) is 1. The van der Waals surface area contributed by atoms with Gasteiger partial charge in [0.1, 0.15) is 5.75 Å². The van der Waals surface area contributed by atoms with Crippen LogP contribution in [0, 0.1) is 0 Å². The Hall–Kier alpha value is -0.680. The minimum absolute atomic E-state index is 0. The molecule has 1 aromatic rings. The zero-order valence-corrected chi connectivity index (χ0v) is 14.6. The fourth-order valence-corrected chi connectivity index (χ4v) is 2.86. The summed E-state index contributed by atoms with van der Waals surface area (Å²) in [6.45, 7) is 1.94. The first-order valence-corrected chi connectivity index (χ1v) is 7.93. The topological polar surface area (TPSA) is 55.6 Å². The molecule has 124 valence electrons. The number of rotatable bonds is 5. The van der Waals surface area contributed by atoms with Gasteiger partial charge in [-0.15, -0.1) is 12.4 Å². The van der Waals surface area contributed by atoms with Crippen LogP contribution in [-0.2, 0) is 4.79 Å². The second-order valence-corrected chi connectivity index (χ2v) is 6.11. The van der Waals surface area contributed by atoms with Gasteiger partial charge in [0.2, 0.25) is 5.91 Å². The SMILES string of the molecule is Cl.NC1CCCN(C(=O)CCCOc2ccc(Cl)cc2Cl)C1. The largest absolute Gasteiger partial charge is 0.492 e. The van der Waals surface area contributed by atoms with Crippen molar-refractivity contribution in [3.63, 3.8) is 0 Å². The summed E-state index contributed by atoms with van der Waals surface area (Å²) in [5, 5.41) is 1.06. The Labute approximate surface area is 147 Å². The van der Waals surface area contributed by atoms with Gasteiger partial charge >= 0.3 is 0 Å². The molecule has 1 amide bonds. The van der Waals surface area contributed by atoms with Crippen molar-refractivity contribution in [2.24, 2.45) is 5.73 Å². The number of hydrogen-bond acceptors (Lipinski definition) is 3. The number of amides is 1. The highest BCUT2D eigenvalue weighted by molar-refractivity contribution is 6.35. The van der Waals surface area contributed by atoms with E-state index in [9.17, 15) is 4.79 Å². The van der Waals surface area contributed by atoms with E-state index in [0.29, 0.717) is 41.8 Å². The van der Waals surface area contributed by atoms with Crippen molar-refractivity contribution in [1.82, 2.24) is 4.90 Å². The van der Waals surface area contributed by atoms with E-state index in [1.807, 2.05) is 4.90 Å². The number of carbonyl (C=O) groups excluding carboxylic acids is 1. The highest BCUT2D eigenvalue weighted by Gasteiger charge is 2.20. The average molecular weight is 368 g/mol. The molecule has 1 aliphatic rings. The van der Waals surface area contributed by atoms with E-state index in [-0.39, 0.29) is 24.4 Å². The predicted octanol–water partition coefficient (Wildman–Crippen LogP) is 3.52. The second kappa shape index (κ2) is 9.46. The van der Waals surface area contributed by atoms with Crippen LogP contribution >= 0.6 is 35.6 Å². The third kappa shape index (κ3) is 5.84. The molecule has 1 heterocycles. The van der Waals surface area contributed by atoms with Crippen LogP contribution in [0.2, 0.25) is 10.0 Å². The zero-order chi connectivity index (χ0) is 15.2. The van der Waals surface area contributed by atoms with Crippen molar-refractivity contribution < 1.29 is 9.53 Å². The molecule has 2 N–H and O–H groups in total. The Morgan fingerprint density at radius 1 is 1.41 bits per heavy atom. The minimum atomic E-state index is 0. The Morgan fingerprint density at radius 3 is 2.86 bits per heavy atom. The molecule has 0 saturated carbocycles. The Bertz CT molecular complexity index is 500. The van der Waals surface area contributed by atoms with Crippen LogP contribution in [0.3, 0.4) is 0 Å². The summed E-state index contributed by atoms with van der Waals surface area (Å²) in [7, 11) is 0. The first-order chi connectivity index (χ1) is 10.1. The van der Waals surface area contributed by atoms with Crippen LogP contribution < -0.4 is 10.5 Å². The molecule has 1 fully saturated rings. The van der Waals surface area contributed by atoms with Crippen molar-refractivity contribution >= 4 is 41.5 Å². The lowest BCUT2D eigenvalue weighted by Crippen LogP contribution is -2.45. The summed E-state index contributed by atoms with van der Waals surface area (Å²) in [5.74, 6) is 0.740. The first kappa shape index (κ1) is 19.4. The monoisotopic (exact) mass is 366 g/mol. The summed E-state index contributed by atoms with van der Waals surface area (Å²) in [4.78, 5) is 13.9. The number of likely N-dealkylation sites (tertiary alicyclic amines) is 1. The highest BCUT2D eigenvalue weighted by atomic mass is 35.5. The summed E-state index contributed by atoms with van der Waals surface area (Å²) in [6.07, 6.45) is 3.12. The van der Waals surface area contributed by atoms with Gasteiger partial charge in [0, 0.05) is 30.6 Å². The molecule has 0 spiro atoms. The van der Waals surface area contributed by atoms with E-state index in [4.69, 9.17) is 33.7 Å². The molecule has 2 rings (SSSR count). The minimum Gasteiger partial charge on any atom is -0.492 e. The van der Waals surface area contributed by atoms with E-state index in [1.165, 1.54) is 0 Å². The molecule has 1 aliphatic heterocycles. The van der Waals surface area contributed by atoms with Crippen LogP contribution in [0.4, 0.5) is 0 Å². The van der Waals surface area contributed by atoms with Gasteiger partial charge in [0.05, 0.1) is 11.6 Å². The van der Waals surface area contributed by atoms with Crippen molar-refractivity contribution in [3.05, 3.63) is 28.2 Å². The smallest absolute Gasteiger partial charge is 0.222 e. The predicted molar refractivity (Wildman–Crippen MR) is 92.2 cm³/mol. The molecular formula is C15H21Cl3N2O2. The maximum Gasteiger partial charge on any atom is 0.222 e. The molecule has 22 heavy (non-hydrogen) atoms. The lowest BCUT2D eigenvalue weighted by atomic mass is 10.1. The molecule has 1 aromatic carbocycles. The number of halogens is 3. The third-order valence-electron chi connectivity index (χ3n) is 3.50. The fraction of sp³-hybridized carbons (Fsp3) is 0.533. The standard InChI is InChI=1S/C15H20Cl2N2O2.ClH/c16-11-5-6-14(13(17)9-11)21-8-2-4-15(20)19-7-1-3-12(18)10-19;/h5-6,9,12H,1-4,7-8,10,18H2;1H. The van der Waals surface area contributed by atoms with Crippen LogP contribution in [0.5, 0.6) is 5.75 Å². The molecular weight excluding hydrogens is 347 g/mol. The van der Waals surface area contributed by atoms with Crippen molar-refractivity contribution in [1.29, 1.82) is 0 Å². The van der Waals surface area contributed by atoms with E-state index < -0.39 is 0 Å². The number of piperidine rings is 1. The molecule has 1 unspecified atom stereocenters. The molecule has 0 aliphatic carbocycles. The van der Waals surface area contributed by atoms with Gasteiger partial charge in [-0.3, -0.25) is 4.79 Å². The summed E-state index contributed by atoms with van der Waals surface area (Å²) in [5.41, 5.74) is 5.88. The van der Waals surface area contributed by atoms with E-state index >= 15 is 0 Å². The fourth-order valence-electron chi connectivity index (χ4n) is 2.39. The summed E-state index contributed by atoms with van der Waals surface area (Å²) < 4.78 is 5.56. The lowest BCUT2D eigenvalue weighted by molar-refractivity contribution is -0.132. The molecule has 1 atom stereocenters. The van der Waals surface area contributed by atoms with Crippen LogP contribution in [0.25, 0.3) is 0 Å². The zero-order valence-electron chi connectivity index (χ0n) is 12.3. The second-order valence-electron chi connectivity index (χ2n) is 5.27. The molecule has 0 radical (unpaired) electrons. The van der Waals surface area contributed by atoms with Crippen LogP contribution in [0.1, 0.15) is 25.7 Å². The Balaban J connectivity index is 0.00000242. The van der Waals surface area contributed by atoms with E-state index in [2.05, 4.69) is 0 Å². The number of carbonyl (C=O) groups is 1. The molecule has 1 saturated heterocycles. The number of nitrogens with zero attached hydrogens (tertiary/aromatic N) is 1. The van der Waals surface area contributed by atoms with Gasteiger partial charge in [-0.1, -0.05) is 23.2 Å². The van der Waals surface area contributed by atoms with Gasteiger partial charge in [-0.25, -0.2) is 0 Å². The van der Waals surface area contributed by atoms with Gasteiger partial charge in [0.15, 0.2) is 0 Å². The highest BCUT2D eigenvalue weighted by Crippen LogP contribution is 2.27. The van der Waals surface area contributed by atoms with Crippen LogP contribution in [0.15, 0.2) is 18.2 Å². The maximum absolute atomic E-state index is 12.0. The van der Waals surface area contributed by atoms with Crippen molar-refractivity contribution in [3.8, 4) is 5.75 Å². The van der Waals surface area contributed by atoms with Crippen molar-refractivity contribution in [2.75, 3.05) is 19.7 Å². The normalized spacial score (nSPS) is 17.8. The molecule has 4 nitrogen and oxygen atoms in total. The van der Waals surface area contributed by atoms with E-state index in [0.717, 1.165) is 19.4 Å². The van der Waals surface area contributed by atoms with Gasteiger partial charge in [-0.2, -0.15) is 0 Å².